The molecule has 2 aliphatic heterocycles. The minimum atomic E-state index is -0.480. The number of rotatable bonds is 5. The fourth-order valence-corrected chi connectivity index (χ4v) is 4.34. The molecule has 0 aliphatic carbocycles. The van der Waals surface area contributed by atoms with E-state index in [-0.39, 0.29) is 30.9 Å². The summed E-state index contributed by atoms with van der Waals surface area (Å²) in [5.41, 5.74) is 2.94. The van der Waals surface area contributed by atoms with Gasteiger partial charge in [0.1, 0.15) is 0 Å². The maximum atomic E-state index is 12.6. The van der Waals surface area contributed by atoms with Gasteiger partial charge in [-0.05, 0) is 23.8 Å². The first-order valence-electron chi connectivity index (χ1n) is 9.94. The Morgan fingerprint density at radius 2 is 1.87 bits per heavy atom. The number of hydrogen-bond donors (Lipinski definition) is 1. The maximum absolute atomic E-state index is 12.6. The average Bonchev–Trinajstić information content (AvgIpc) is 3.02. The van der Waals surface area contributed by atoms with Crippen molar-refractivity contribution in [1.29, 1.82) is 0 Å². The molecular weight excluding hydrogens is 420 g/mol. The Labute approximate surface area is 185 Å². The number of methoxy groups -OCH3 is 1. The van der Waals surface area contributed by atoms with Crippen molar-refractivity contribution in [3.63, 3.8) is 0 Å². The topological polar surface area (TPSA) is 82.2 Å². The third kappa shape index (κ3) is 3.96. The number of imide groups is 1. The van der Waals surface area contributed by atoms with Crippen molar-refractivity contribution in [3.05, 3.63) is 47.5 Å². The van der Waals surface area contributed by atoms with Crippen LogP contribution in [0.15, 0.2) is 42.5 Å². The number of likely N-dealkylation sites (N-methyl/N-ethyl adjacent to an activating group) is 1. The van der Waals surface area contributed by atoms with Crippen LogP contribution in [-0.4, -0.2) is 62.8 Å². The number of halogens is 1. The first-order valence-corrected chi connectivity index (χ1v) is 10.3. The molecule has 0 aromatic heterocycles. The van der Waals surface area contributed by atoms with E-state index in [1.807, 2.05) is 36.4 Å². The van der Waals surface area contributed by atoms with Crippen molar-refractivity contribution in [1.82, 2.24) is 10.2 Å². The van der Waals surface area contributed by atoms with Gasteiger partial charge in [-0.1, -0.05) is 35.9 Å². The zero-order valence-electron chi connectivity index (χ0n) is 17.3. The van der Waals surface area contributed by atoms with Crippen LogP contribution in [0, 0.1) is 0 Å². The van der Waals surface area contributed by atoms with Crippen molar-refractivity contribution in [2.75, 3.05) is 43.7 Å². The van der Waals surface area contributed by atoms with E-state index in [9.17, 15) is 14.4 Å². The zero-order valence-corrected chi connectivity index (χ0v) is 18.1. The van der Waals surface area contributed by atoms with Crippen LogP contribution in [0.4, 0.5) is 21.0 Å². The second kappa shape index (κ2) is 8.56. The molecule has 31 heavy (non-hydrogen) atoms. The number of anilines is 2. The van der Waals surface area contributed by atoms with Gasteiger partial charge in [0.05, 0.1) is 23.4 Å². The van der Waals surface area contributed by atoms with Crippen LogP contribution in [-0.2, 0) is 9.53 Å². The third-order valence-corrected chi connectivity index (χ3v) is 5.92. The van der Waals surface area contributed by atoms with Crippen molar-refractivity contribution >= 4 is 40.9 Å². The van der Waals surface area contributed by atoms with E-state index in [4.69, 9.17) is 16.3 Å². The van der Waals surface area contributed by atoms with Gasteiger partial charge in [0.25, 0.3) is 0 Å². The lowest BCUT2D eigenvalue weighted by atomic mass is 10.0. The molecule has 5 amide bonds. The van der Waals surface area contributed by atoms with Crippen LogP contribution in [0.25, 0.3) is 11.1 Å². The van der Waals surface area contributed by atoms with Crippen LogP contribution in [0.3, 0.4) is 0 Å². The normalized spacial score (nSPS) is 19.3. The second-order valence-corrected chi connectivity index (χ2v) is 7.96. The Balaban J connectivity index is 1.62. The molecule has 0 unspecified atom stereocenters. The van der Waals surface area contributed by atoms with Gasteiger partial charge in [0, 0.05) is 44.9 Å². The highest BCUT2D eigenvalue weighted by atomic mass is 35.5. The smallest absolute Gasteiger partial charge is 0.328 e. The summed E-state index contributed by atoms with van der Waals surface area (Å²) < 4.78 is 5.27. The van der Waals surface area contributed by atoms with Crippen molar-refractivity contribution < 1.29 is 19.1 Å². The molecule has 162 valence electrons. The Morgan fingerprint density at radius 3 is 2.55 bits per heavy atom. The highest BCUT2D eigenvalue weighted by molar-refractivity contribution is 6.36. The van der Waals surface area contributed by atoms with Crippen LogP contribution in [0.1, 0.15) is 6.42 Å². The number of urea groups is 2. The van der Waals surface area contributed by atoms with E-state index in [1.165, 1.54) is 4.90 Å². The fraction of sp³-hybridized carbons (Fsp3) is 0.318. The van der Waals surface area contributed by atoms with Crippen LogP contribution >= 0.6 is 11.6 Å². The van der Waals surface area contributed by atoms with Crippen molar-refractivity contribution in [3.8, 4) is 11.1 Å². The molecule has 0 radical (unpaired) electrons. The molecule has 2 saturated heterocycles. The van der Waals surface area contributed by atoms with Gasteiger partial charge in [-0.25, -0.2) is 9.59 Å². The number of amides is 5. The van der Waals surface area contributed by atoms with Crippen molar-refractivity contribution in [2.45, 2.75) is 12.5 Å². The summed E-state index contributed by atoms with van der Waals surface area (Å²) in [6.45, 7) is 1.33. The van der Waals surface area contributed by atoms with Crippen LogP contribution in [0.5, 0.6) is 0 Å². The Hall–Kier alpha value is -3.10. The lowest BCUT2D eigenvalue weighted by Crippen LogP contribution is -2.49. The van der Waals surface area contributed by atoms with Gasteiger partial charge >= 0.3 is 12.1 Å². The minimum absolute atomic E-state index is 0.0550. The molecular formula is C22H23ClN4O4. The number of benzene rings is 2. The molecule has 0 bridgehead atoms. The summed E-state index contributed by atoms with van der Waals surface area (Å²) in [5, 5.41) is 2.74. The molecule has 2 heterocycles. The predicted octanol–water partition coefficient (Wildman–Crippen LogP) is 3.34. The first-order chi connectivity index (χ1) is 14.9. The predicted molar refractivity (Wildman–Crippen MR) is 119 cm³/mol. The summed E-state index contributed by atoms with van der Waals surface area (Å²) in [6.07, 6.45) is 0.224. The lowest BCUT2D eigenvalue weighted by molar-refractivity contribution is -0.120. The summed E-state index contributed by atoms with van der Waals surface area (Å²) in [5.74, 6) is -0.294. The van der Waals surface area contributed by atoms with E-state index >= 15 is 0 Å². The molecule has 0 saturated carbocycles. The number of carbonyl (C=O) groups is 3. The summed E-state index contributed by atoms with van der Waals surface area (Å²) in [4.78, 5) is 41.1. The number of carbonyl (C=O) groups excluding carboxylic acids is 3. The summed E-state index contributed by atoms with van der Waals surface area (Å²) >= 11 is 6.66. The zero-order chi connectivity index (χ0) is 22.1. The summed E-state index contributed by atoms with van der Waals surface area (Å²) in [7, 11) is 3.40. The Bertz CT molecular complexity index is 1030. The fourth-order valence-electron chi connectivity index (χ4n) is 4.00. The SMILES string of the molecule is COC[C@H]1CN(C)C(=O)N1c1ccc(-c2cccc(N3CCC(=O)NC3=O)c2Cl)cc1. The van der Waals surface area contributed by atoms with Crippen LogP contribution in [0.2, 0.25) is 5.02 Å². The first kappa shape index (κ1) is 21.1. The quantitative estimate of drug-likeness (QED) is 0.769. The Kier molecular flexibility index (Phi) is 5.84. The molecule has 9 heteroatoms. The number of hydrogen-bond acceptors (Lipinski definition) is 4. The summed E-state index contributed by atoms with van der Waals surface area (Å²) in [6, 6.07) is 12.4. The van der Waals surface area contributed by atoms with E-state index in [0.717, 1.165) is 16.8 Å². The van der Waals surface area contributed by atoms with Gasteiger partial charge in [-0.3, -0.25) is 19.9 Å². The van der Waals surface area contributed by atoms with Gasteiger partial charge in [-0.15, -0.1) is 0 Å². The maximum Gasteiger partial charge on any atom is 0.328 e. The molecule has 8 nitrogen and oxygen atoms in total. The lowest BCUT2D eigenvalue weighted by Gasteiger charge is -2.28. The largest absolute Gasteiger partial charge is 0.382 e. The number of nitrogens with one attached hydrogen (secondary N) is 1. The molecule has 1 N–H and O–H groups in total. The molecule has 2 aromatic carbocycles. The third-order valence-electron chi connectivity index (χ3n) is 5.52. The molecule has 1 atom stereocenters. The van der Waals surface area contributed by atoms with Gasteiger partial charge < -0.3 is 9.64 Å². The average molecular weight is 443 g/mol. The number of ether oxygens (including phenoxy) is 1. The highest BCUT2D eigenvalue weighted by Crippen LogP contribution is 2.37. The van der Waals surface area contributed by atoms with Gasteiger partial charge in [0.2, 0.25) is 5.91 Å². The molecule has 0 spiro atoms. The van der Waals surface area contributed by atoms with E-state index in [2.05, 4.69) is 5.32 Å². The van der Waals surface area contributed by atoms with Gasteiger partial charge in [0.15, 0.2) is 0 Å². The van der Waals surface area contributed by atoms with E-state index in [0.29, 0.717) is 23.9 Å². The number of nitrogens with zero attached hydrogens (tertiary/aromatic N) is 3. The molecule has 2 fully saturated rings. The van der Waals surface area contributed by atoms with Gasteiger partial charge in [-0.2, -0.15) is 0 Å². The van der Waals surface area contributed by atoms with Crippen LogP contribution < -0.4 is 15.1 Å². The van der Waals surface area contributed by atoms with E-state index in [1.54, 1.807) is 30.0 Å². The molecule has 2 aromatic rings. The monoisotopic (exact) mass is 442 g/mol. The second-order valence-electron chi connectivity index (χ2n) is 7.58. The Morgan fingerprint density at radius 1 is 1.13 bits per heavy atom. The minimum Gasteiger partial charge on any atom is -0.382 e. The molecule has 2 aliphatic rings. The van der Waals surface area contributed by atoms with E-state index < -0.39 is 6.03 Å². The standard InChI is InChI=1S/C22H23ClN4O4/c1-25-12-16(13-31-2)27(22(25)30)15-8-6-14(7-9-15)17-4-3-5-18(20(17)23)26-11-10-19(28)24-21(26)29/h3-9,16H,10-13H2,1-2H3,(H,24,28,29)/t16-/m1/s1. The van der Waals surface area contributed by atoms with Crippen molar-refractivity contribution in [2.24, 2.45) is 0 Å². The highest BCUT2D eigenvalue weighted by Gasteiger charge is 2.36. The molecule has 4 rings (SSSR count).